The van der Waals surface area contributed by atoms with E-state index < -0.39 is 0 Å². The maximum atomic E-state index is 11.5. The molecule has 0 bridgehead atoms. The number of hydrogen-bond acceptors (Lipinski definition) is 2. The second-order valence-corrected chi connectivity index (χ2v) is 5.62. The maximum Gasteiger partial charge on any atom is 0.221 e. The van der Waals surface area contributed by atoms with E-state index in [1.165, 1.54) is 51.4 Å². The van der Waals surface area contributed by atoms with Gasteiger partial charge in [-0.2, -0.15) is 0 Å². The molecular weight excluding hydrogens is 212 g/mol. The smallest absolute Gasteiger partial charge is 0.221 e. The third kappa shape index (κ3) is 5.53. The van der Waals surface area contributed by atoms with Gasteiger partial charge in [0.05, 0.1) is 0 Å². The Hall–Kier alpha value is -0.570. The van der Waals surface area contributed by atoms with Gasteiger partial charge in [-0.1, -0.05) is 32.1 Å². The highest BCUT2D eigenvalue weighted by atomic mass is 16.1. The summed E-state index contributed by atoms with van der Waals surface area (Å²) >= 11 is 0. The number of carbonyl (C=O) groups is 1. The largest absolute Gasteiger partial charge is 0.356 e. The fraction of sp³-hybridized carbons (Fsp3) is 0.929. The van der Waals surface area contributed by atoms with Crippen molar-refractivity contribution in [3.63, 3.8) is 0 Å². The number of rotatable bonds is 7. The van der Waals surface area contributed by atoms with Crippen molar-refractivity contribution < 1.29 is 4.79 Å². The van der Waals surface area contributed by atoms with E-state index in [-0.39, 0.29) is 5.91 Å². The molecule has 2 aliphatic carbocycles. The Morgan fingerprint density at radius 3 is 2.47 bits per heavy atom. The van der Waals surface area contributed by atoms with E-state index in [0.29, 0.717) is 12.5 Å². The van der Waals surface area contributed by atoms with Crippen molar-refractivity contribution in [1.82, 2.24) is 10.6 Å². The molecular formula is C14H26N2O. The summed E-state index contributed by atoms with van der Waals surface area (Å²) in [5.41, 5.74) is 0. The molecule has 0 aromatic carbocycles. The van der Waals surface area contributed by atoms with E-state index in [1.54, 1.807) is 0 Å². The molecule has 0 heterocycles. The Bertz CT molecular complexity index is 232. The lowest BCUT2D eigenvalue weighted by Crippen LogP contribution is -2.30. The van der Waals surface area contributed by atoms with Gasteiger partial charge in [0.15, 0.2) is 0 Å². The Kier molecular flexibility index (Phi) is 5.30. The lowest BCUT2D eigenvalue weighted by molar-refractivity contribution is -0.121. The van der Waals surface area contributed by atoms with Gasteiger partial charge in [0.25, 0.3) is 0 Å². The number of amides is 1. The lowest BCUT2D eigenvalue weighted by atomic mass is 9.87. The molecule has 0 radical (unpaired) electrons. The quantitative estimate of drug-likeness (QED) is 0.714. The summed E-state index contributed by atoms with van der Waals surface area (Å²) in [6.45, 7) is 1.73. The second-order valence-electron chi connectivity index (χ2n) is 5.62. The van der Waals surface area contributed by atoms with Gasteiger partial charge in [-0.3, -0.25) is 4.79 Å². The average molecular weight is 238 g/mol. The summed E-state index contributed by atoms with van der Waals surface area (Å²) in [4.78, 5) is 11.5. The van der Waals surface area contributed by atoms with Crippen LogP contribution in [0.1, 0.15) is 57.8 Å². The molecule has 17 heavy (non-hydrogen) atoms. The van der Waals surface area contributed by atoms with Crippen LogP contribution < -0.4 is 10.6 Å². The molecule has 0 aromatic rings. The van der Waals surface area contributed by atoms with Crippen LogP contribution in [0.25, 0.3) is 0 Å². The van der Waals surface area contributed by atoms with E-state index in [9.17, 15) is 4.79 Å². The third-order valence-corrected chi connectivity index (χ3v) is 3.96. The first kappa shape index (κ1) is 12.9. The second kappa shape index (κ2) is 7.00. The van der Waals surface area contributed by atoms with Crippen molar-refractivity contribution >= 4 is 5.91 Å². The number of carbonyl (C=O) groups excluding carboxylic acids is 1. The Morgan fingerprint density at radius 2 is 1.76 bits per heavy atom. The third-order valence-electron chi connectivity index (χ3n) is 3.96. The first-order valence-corrected chi connectivity index (χ1v) is 7.34. The Balaban J connectivity index is 1.44. The molecule has 0 aliphatic heterocycles. The molecule has 2 saturated carbocycles. The van der Waals surface area contributed by atoms with Gasteiger partial charge in [-0.25, -0.2) is 0 Å². The van der Waals surface area contributed by atoms with Crippen molar-refractivity contribution in [1.29, 1.82) is 0 Å². The minimum absolute atomic E-state index is 0.217. The highest BCUT2D eigenvalue weighted by Crippen LogP contribution is 2.25. The van der Waals surface area contributed by atoms with Gasteiger partial charge in [0.1, 0.15) is 0 Å². The minimum Gasteiger partial charge on any atom is -0.356 e. The van der Waals surface area contributed by atoms with E-state index in [2.05, 4.69) is 10.6 Å². The predicted molar refractivity (Wildman–Crippen MR) is 69.8 cm³/mol. The minimum atomic E-state index is 0.217. The molecule has 0 spiro atoms. The normalized spacial score (nSPS) is 21.4. The van der Waals surface area contributed by atoms with Gasteiger partial charge >= 0.3 is 0 Å². The van der Waals surface area contributed by atoms with Crippen LogP contribution in [0.3, 0.4) is 0 Å². The van der Waals surface area contributed by atoms with E-state index in [4.69, 9.17) is 0 Å². The standard InChI is InChI=1S/C14H26N2O/c17-14(9-11-15-13-6-7-13)16-10-8-12-4-2-1-3-5-12/h12-13,15H,1-11H2,(H,16,17). The van der Waals surface area contributed by atoms with Gasteiger partial charge in [-0.15, -0.1) is 0 Å². The summed E-state index contributed by atoms with van der Waals surface area (Å²) < 4.78 is 0. The van der Waals surface area contributed by atoms with Crippen LogP contribution in [-0.2, 0) is 4.79 Å². The van der Waals surface area contributed by atoms with Crippen molar-refractivity contribution in [2.75, 3.05) is 13.1 Å². The highest BCUT2D eigenvalue weighted by Gasteiger charge is 2.20. The van der Waals surface area contributed by atoms with Crippen LogP contribution in [-0.4, -0.2) is 25.0 Å². The van der Waals surface area contributed by atoms with Crippen LogP contribution in [0.4, 0.5) is 0 Å². The summed E-state index contributed by atoms with van der Waals surface area (Å²) in [5, 5.41) is 6.41. The van der Waals surface area contributed by atoms with E-state index >= 15 is 0 Å². The van der Waals surface area contributed by atoms with E-state index in [1.807, 2.05) is 0 Å². The van der Waals surface area contributed by atoms with Crippen molar-refractivity contribution in [2.45, 2.75) is 63.8 Å². The molecule has 1 amide bonds. The first-order chi connectivity index (χ1) is 8.34. The van der Waals surface area contributed by atoms with Gasteiger partial charge in [0.2, 0.25) is 5.91 Å². The molecule has 0 atom stereocenters. The lowest BCUT2D eigenvalue weighted by Gasteiger charge is -2.21. The Morgan fingerprint density at radius 1 is 1.00 bits per heavy atom. The molecule has 2 aliphatic rings. The van der Waals surface area contributed by atoms with Crippen molar-refractivity contribution in [3.8, 4) is 0 Å². The molecule has 3 heteroatoms. The van der Waals surface area contributed by atoms with E-state index in [0.717, 1.165) is 19.0 Å². The SMILES string of the molecule is O=C(CCNC1CC1)NCCC1CCCCC1. The maximum absolute atomic E-state index is 11.5. The van der Waals surface area contributed by atoms with Gasteiger partial charge < -0.3 is 10.6 Å². The fourth-order valence-corrected chi connectivity index (χ4v) is 2.66. The molecule has 0 unspecified atom stereocenters. The summed E-state index contributed by atoms with van der Waals surface area (Å²) in [6.07, 6.45) is 11.4. The van der Waals surface area contributed by atoms with Crippen LogP contribution in [0, 0.1) is 5.92 Å². The molecule has 0 aromatic heterocycles. The molecule has 2 fully saturated rings. The van der Waals surface area contributed by atoms with Crippen molar-refractivity contribution in [2.24, 2.45) is 5.92 Å². The zero-order valence-corrected chi connectivity index (χ0v) is 10.8. The Labute approximate surface area is 105 Å². The molecule has 3 nitrogen and oxygen atoms in total. The van der Waals surface area contributed by atoms with Gasteiger partial charge in [-0.05, 0) is 25.2 Å². The number of hydrogen-bond donors (Lipinski definition) is 2. The zero-order valence-electron chi connectivity index (χ0n) is 10.8. The predicted octanol–water partition coefficient (Wildman–Crippen LogP) is 2.22. The fourth-order valence-electron chi connectivity index (χ4n) is 2.66. The van der Waals surface area contributed by atoms with Crippen LogP contribution in [0.2, 0.25) is 0 Å². The molecule has 0 saturated heterocycles. The molecule has 98 valence electrons. The first-order valence-electron chi connectivity index (χ1n) is 7.34. The van der Waals surface area contributed by atoms with Crippen molar-refractivity contribution in [3.05, 3.63) is 0 Å². The monoisotopic (exact) mass is 238 g/mol. The zero-order chi connectivity index (χ0) is 11.9. The van der Waals surface area contributed by atoms with Crippen LogP contribution >= 0.6 is 0 Å². The highest BCUT2D eigenvalue weighted by molar-refractivity contribution is 5.76. The molecule has 2 rings (SSSR count). The van der Waals surface area contributed by atoms with Gasteiger partial charge in [0, 0.05) is 25.6 Å². The molecule has 2 N–H and O–H groups in total. The van der Waals surface area contributed by atoms with Crippen LogP contribution in [0.5, 0.6) is 0 Å². The number of nitrogens with one attached hydrogen (secondary N) is 2. The summed E-state index contributed by atoms with van der Waals surface area (Å²) in [6, 6.07) is 0.713. The average Bonchev–Trinajstić information content (AvgIpc) is 3.14. The summed E-state index contributed by atoms with van der Waals surface area (Å²) in [7, 11) is 0. The summed E-state index contributed by atoms with van der Waals surface area (Å²) in [5.74, 6) is 1.09. The van der Waals surface area contributed by atoms with Crippen LogP contribution in [0.15, 0.2) is 0 Å². The topological polar surface area (TPSA) is 41.1 Å².